The Labute approximate surface area is 77.6 Å². The molecule has 0 bridgehead atoms. The van der Waals surface area contributed by atoms with E-state index < -0.39 is 0 Å². The summed E-state index contributed by atoms with van der Waals surface area (Å²) in [6.45, 7) is 2.77. The van der Waals surface area contributed by atoms with Crippen molar-refractivity contribution < 1.29 is 4.79 Å². The van der Waals surface area contributed by atoms with Gasteiger partial charge in [0.05, 0.1) is 11.9 Å². The molecule has 0 heterocycles. The van der Waals surface area contributed by atoms with Gasteiger partial charge >= 0.3 is 0 Å². The van der Waals surface area contributed by atoms with Crippen LogP contribution in [0, 0.1) is 0 Å². The van der Waals surface area contributed by atoms with Crippen molar-refractivity contribution in [1.29, 1.82) is 0 Å². The topological polar surface area (TPSA) is 29.4 Å². The summed E-state index contributed by atoms with van der Waals surface area (Å²) in [5, 5.41) is 0.194. The van der Waals surface area contributed by atoms with Crippen LogP contribution in [0.4, 0.5) is 0 Å². The molecule has 0 saturated carbocycles. The number of isocyanates is 1. The number of halogens is 2. The van der Waals surface area contributed by atoms with Crippen LogP contribution in [0.15, 0.2) is 4.99 Å². The monoisotopic (exact) mass is 197 g/mol. The fourth-order valence-corrected chi connectivity index (χ4v) is 0.487. The quantitative estimate of drug-likeness (QED) is 0.295. The lowest BCUT2D eigenvalue weighted by Crippen LogP contribution is -1.77. The smallest absolute Gasteiger partial charge is 0.211 e. The van der Waals surface area contributed by atoms with Gasteiger partial charge < -0.3 is 0 Å². The van der Waals surface area contributed by atoms with E-state index in [1.54, 1.807) is 0 Å². The summed E-state index contributed by atoms with van der Waals surface area (Å²) < 4.78 is 0. The van der Waals surface area contributed by atoms with Crippen molar-refractivity contribution in [3.05, 3.63) is 0 Å². The highest BCUT2D eigenvalue weighted by Crippen LogP contribution is 1.91. The van der Waals surface area contributed by atoms with Crippen molar-refractivity contribution in [1.82, 2.24) is 0 Å². The van der Waals surface area contributed by atoms with Gasteiger partial charge in [0, 0.05) is 0 Å². The lowest BCUT2D eigenvalue weighted by molar-refractivity contribution is 0.561. The Kier molecular flexibility index (Phi) is 20.3. The Balaban J connectivity index is 0. The summed E-state index contributed by atoms with van der Waals surface area (Å²) in [6, 6.07) is 0. The normalized spacial score (nSPS) is 7.55. The summed E-state index contributed by atoms with van der Waals surface area (Å²) in [5.74, 6) is 0. The van der Waals surface area contributed by atoms with Crippen molar-refractivity contribution >= 4 is 29.3 Å². The molecular weight excluding hydrogens is 185 g/mol. The third kappa shape index (κ3) is 25.7. The molecule has 0 aliphatic rings. The zero-order valence-electron chi connectivity index (χ0n) is 6.65. The number of aliphatic imine (C=N–C) groups is 1. The molecule has 0 atom stereocenters. The standard InChI is InChI=1S/C6H11NO.CH2Cl2/c1-2-3-4-5-7-6-8;2-1-3/h2-5H2,1H3;1H2. The van der Waals surface area contributed by atoms with Gasteiger partial charge in [-0.05, 0) is 6.42 Å². The number of alkyl halides is 2. The van der Waals surface area contributed by atoms with Crippen molar-refractivity contribution in [3.8, 4) is 0 Å². The van der Waals surface area contributed by atoms with Crippen LogP contribution in [0.25, 0.3) is 0 Å². The Morgan fingerprint density at radius 2 is 1.91 bits per heavy atom. The minimum absolute atomic E-state index is 0.194. The molecule has 4 heteroatoms. The Bertz CT molecular complexity index is 103. The number of rotatable bonds is 4. The van der Waals surface area contributed by atoms with Crippen molar-refractivity contribution in [2.75, 3.05) is 11.9 Å². The van der Waals surface area contributed by atoms with E-state index in [4.69, 9.17) is 23.2 Å². The van der Waals surface area contributed by atoms with Crippen molar-refractivity contribution in [2.24, 2.45) is 4.99 Å². The third-order valence-electron chi connectivity index (χ3n) is 0.938. The first kappa shape index (κ1) is 13.5. The minimum atomic E-state index is 0.194. The van der Waals surface area contributed by atoms with Gasteiger partial charge in [-0.15, -0.1) is 23.2 Å². The van der Waals surface area contributed by atoms with Gasteiger partial charge in [-0.2, -0.15) is 0 Å². The first-order valence-electron chi connectivity index (χ1n) is 3.49. The zero-order chi connectivity index (χ0) is 8.95. The van der Waals surface area contributed by atoms with Crippen LogP contribution >= 0.6 is 23.2 Å². The molecule has 0 aromatic rings. The highest BCUT2D eigenvalue weighted by molar-refractivity contribution is 6.40. The van der Waals surface area contributed by atoms with Crippen LogP contribution < -0.4 is 0 Å². The molecule has 66 valence electrons. The average molecular weight is 198 g/mol. The molecule has 0 spiro atoms. The van der Waals surface area contributed by atoms with E-state index >= 15 is 0 Å². The summed E-state index contributed by atoms with van der Waals surface area (Å²) in [4.78, 5) is 12.9. The van der Waals surface area contributed by atoms with Crippen LogP contribution in [0.2, 0.25) is 0 Å². The molecule has 0 N–H and O–H groups in total. The largest absolute Gasteiger partial charge is 0.234 e. The van der Waals surface area contributed by atoms with Crippen LogP contribution in [-0.2, 0) is 4.79 Å². The first-order valence-corrected chi connectivity index (χ1v) is 4.55. The van der Waals surface area contributed by atoms with Crippen LogP contribution in [0.5, 0.6) is 0 Å². The molecule has 2 nitrogen and oxygen atoms in total. The number of carbonyl (C=O) groups excluding carboxylic acids is 1. The SMILES string of the molecule is CCCCCN=C=O.ClCCl. The van der Waals surface area contributed by atoms with E-state index in [-0.39, 0.29) is 5.34 Å². The highest BCUT2D eigenvalue weighted by Gasteiger charge is 1.79. The number of hydrogen-bond donors (Lipinski definition) is 0. The molecule has 0 rings (SSSR count). The Hall–Kier alpha value is -0.0400. The fourth-order valence-electron chi connectivity index (χ4n) is 0.487. The number of unbranched alkanes of at least 4 members (excludes halogenated alkanes) is 2. The van der Waals surface area contributed by atoms with Gasteiger partial charge in [0.25, 0.3) is 0 Å². The lowest BCUT2D eigenvalue weighted by Gasteiger charge is -1.86. The van der Waals surface area contributed by atoms with E-state index in [9.17, 15) is 4.79 Å². The molecule has 0 radical (unpaired) electrons. The highest BCUT2D eigenvalue weighted by atomic mass is 35.5. The van der Waals surface area contributed by atoms with Gasteiger partial charge in [0.1, 0.15) is 0 Å². The van der Waals surface area contributed by atoms with Gasteiger partial charge in [0.2, 0.25) is 6.08 Å². The molecule has 0 fully saturated rings. The fraction of sp³-hybridized carbons (Fsp3) is 0.857. The maximum absolute atomic E-state index is 9.48. The van der Waals surface area contributed by atoms with E-state index in [1.165, 1.54) is 12.5 Å². The van der Waals surface area contributed by atoms with Gasteiger partial charge in [-0.1, -0.05) is 19.8 Å². The summed E-state index contributed by atoms with van der Waals surface area (Å²) >= 11 is 9.53. The van der Waals surface area contributed by atoms with Crippen LogP contribution in [-0.4, -0.2) is 18.0 Å². The summed E-state index contributed by atoms with van der Waals surface area (Å²) in [5.41, 5.74) is 0. The lowest BCUT2D eigenvalue weighted by atomic mass is 10.3. The van der Waals surface area contributed by atoms with Crippen molar-refractivity contribution in [2.45, 2.75) is 26.2 Å². The number of hydrogen-bond acceptors (Lipinski definition) is 2. The summed E-state index contributed by atoms with van der Waals surface area (Å²) in [7, 11) is 0. The molecular formula is C7H13Cl2NO. The molecule has 0 aliphatic heterocycles. The second kappa shape index (κ2) is 16.5. The van der Waals surface area contributed by atoms with E-state index in [2.05, 4.69) is 11.9 Å². The van der Waals surface area contributed by atoms with E-state index in [1.807, 2.05) is 0 Å². The average Bonchev–Trinajstić information content (AvgIpc) is 2.00. The second-order valence-electron chi connectivity index (χ2n) is 1.78. The molecule has 0 aromatic heterocycles. The third-order valence-corrected chi connectivity index (χ3v) is 0.938. The van der Waals surface area contributed by atoms with Crippen LogP contribution in [0.3, 0.4) is 0 Å². The minimum Gasteiger partial charge on any atom is -0.211 e. The van der Waals surface area contributed by atoms with Gasteiger partial charge in [-0.25, -0.2) is 9.79 Å². The molecule has 0 unspecified atom stereocenters. The molecule has 0 aromatic carbocycles. The second-order valence-corrected chi connectivity index (χ2v) is 2.59. The van der Waals surface area contributed by atoms with Crippen molar-refractivity contribution in [3.63, 3.8) is 0 Å². The van der Waals surface area contributed by atoms with Gasteiger partial charge in [0.15, 0.2) is 0 Å². The van der Waals surface area contributed by atoms with Crippen LogP contribution in [0.1, 0.15) is 26.2 Å². The zero-order valence-corrected chi connectivity index (χ0v) is 8.16. The van der Waals surface area contributed by atoms with E-state index in [0.29, 0.717) is 6.54 Å². The first-order chi connectivity index (χ1) is 5.33. The molecule has 11 heavy (non-hydrogen) atoms. The molecule has 0 saturated heterocycles. The molecule has 0 amide bonds. The Morgan fingerprint density at radius 3 is 2.27 bits per heavy atom. The Morgan fingerprint density at radius 1 is 1.36 bits per heavy atom. The van der Waals surface area contributed by atoms with E-state index in [0.717, 1.165) is 12.8 Å². The van der Waals surface area contributed by atoms with Gasteiger partial charge in [-0.3, -0.25) is 0 Å². The maximum Gasteiger partial charge on any atom is 0.234 e. The number of nitrogens with zero attached hydrogens (tertiary/aromatic N) is 1. The summed E-state index contributed by atoms with van der Waals surface area (Å²) in [6.07, 6.45) is 4.85. The molecule has 0 aliphatic carbocycles. The maximum atomic E-state index is 9.48. The predicted octanol–water partition coefficient (Wildman–Crippen LogP) is 2.93. The predicted molar refractivity (Wildman–Crippen MR) is 49.1 cm³/mol.